The predicted octanol–water partition coefficient (Wildman–Crippen LogP) is 4.90. The minimum Gasteiger partial charge on any atom is -0.376 e. The normalized spacial score (nSPS) is 21.4. The Bertz CT molecular complexity index is 909. The fraction of sp³-hybridized carbons (Fsp3) is 0.625. The monoisotopic (exact) mass is 460 g/mol. The average molecular weight is 461 g/mol. The molecule has 1 N–H and O–H groups in total. The van der Waals surface area contributed by atoms with Crippen LogP contribution >= 0.6 is 11.8 Å². The number of nitrogens with one attached hydrogen (secondary N) is 1. The van der Waals surface area contributed by atoms with E-state index in [1.165, 1.54) is 44.2 Å². The number of rotatable bonds is 7. The SMILES string of the molecule is CC1(C)C[C@H](C(=O)NCc2nnc(SCC3CCCCC3)n2-c2ccc(F)cc2)CCO1. The largest absolute Gasteiger partial charge is 0.376 e. The van der Waals surface area contributed by atoms with Crippen LogP contribution in [0.15, 0.2) is 29.4 Å². The molecule has 0 radical (unpaired) electrons. The van der Waals surface area contributed by atoms with E-state index in [1.807, 2.05) is 18.4 Å². The Labute approximate surface area is 193 Å². The summed E-state index contributed by atoms with van der Waals surface area (Å²) in [6, 6.07) is 6.35. The summed E-state index contributed by atoms with van der Waals surface area (Å²) < 4.78 is 21.2. The van der Waals surface area contributed by atoms with Gasteiger partial charge in [-0.25, -0.2) is 4.39 Å². The Balaban J connectivity index is 1.47. The molecule has 0 bridgehead atoms. The number of hydrogen-bond donors (Lipinski definition) is 1. The van der Waals surface area contributed by atoms with Crippen LogP contribution < -0.4 is 5.32 Å². The van der Waals surface area contributed by atoms with Crippen LogP contribution in [0.1, 0.15) is 64.6 Å². The number of nitrogens with zero attached hydrogens (tertiary/aromatic N) is 3. The van der Waals surface area contributed by atoms with Crippen LogP contribution in [0.3, 0.4) is 0 Å². The molecule has 4 rings (SSSR count). The van der Waals surface area contributed by atoms with Crippen LogP contribution in [0.2, 0.25) is 0 Å². The van der Waals surface area contributed by atoms with Gasteiger partial charge in [-0.15, -0.1) is 10.2 Å². The number of aromatic nitrogens is 3. The van der Waals surface area contributed by atoms with Gasteiger partial charge in [-0.2, -0.15) is 0 Å². The number of ether oxygens (including phenoxy) is 1. The standard InChI is InChI=1S/C24H33FN4O2S/c1-24(2)14-18(12-13-31-24)22(30)26-15-21-27-28-23(32-16-17-6-4-3-5-7-17)29(21)20-10-8-19(25)9-11-20/h8-11,17-18H,3-7,12-16H2,1-2H3,(H,26,30)/t18-/m1/s1. The molecule has 8 heteroatoms. The van der Waals surface area contributed by atoms with Gasteiger partial charge in [0.15, 0.2) is 11.0 Å². The van der Waals surface area contributed by atoms with Crippen molar-refractivity contribution in [3.8, 4) is 5.69 Å². The van der Waals surface area contributed by atoms with Crippen molar-refractivity contribution in [2.45, 2.75) is 76.1 Å². The van der Waals surface area contributed by atoms with Crippen LogP contribution in [-0.2, 0) is 16.1 Å². The van der Waals surface area contributed by atoms with Gasteiger partial charge in [0.25, 0.3) is 0 Å². The Kier molecular flexibility index (Phi) is 7.51. The van der Waals surface area contributed by atoms with Crippen LogP contribution in [0.4, 0.5) is 4.39 Å². The molecule has 0 spiro atoms. The third-order valence-electron chi connectivity index (χ3n) is 6.45. The van der Waals surface area contributed by atoms with Gasteiger partial charge in [0, 0.05) is 24.0 Å². The van der Waals surface area contributed by atoms with Crippen molar-refractivity contribution in [2.24, 2.45) is 11.8 Å². The summed E-state index contributed by atoms with van der Waals surface area (Å²) in [4.78, 5) is 12.8. The van der Waals surface area contributed by atoms with Crippen LogP contribution in [0.25, 0.3) is 5.69 Å². The lowest BCUT2D eigenvalue weighted by Crippen LogP contribution is -2.41. The van der Waals surface area contributed by atoms with Gasteiger partial charge in [-0.05, 0) is 69.7 Å². The molecular weight excluding hydrogens is 427 g/mol. The Morgan fingerprint density at radius 3 is 2.66 bits per heavy atom. The van der Waals surface area contributed by atoms with Gasteiger partial charge in [-0.3, -0.25) is 9.36 Å². The second-order valence-electron chi connectivity index (χ2n) is 9.54. The zero-order valence-electron chi connectivity index (χ0n) is 19.0. The average Bonchev–Trinajstić information content (AvgIpc) is 3.19. The van der Waals surface area contributed by atoms with E-state index < -0.39 is 0 Å². The Morgan fingerprint density at radius 1 is 1.19 bits per heavy atom. The second kappa shape index (κ2) is 10.3. The van der Waals surface area contributed by atoms with Gasteiger partial charge in [0.05, 0.1) is 12.1 Å². The van der Waals surface area contributed by atoms with Gasteiger partial charge in [0.2, 0.25) is 5.91 Å². The lowest BCUT2D eigenvalue weighted by Gasteiger charge is -2.34. The first-order chi connectivity index (χ1) is 15.4. The summed E-state index contributed by atoms with van der Waals surface area (Å²) in [7, 11) is 0. The molecule has 174 valence electrons. The fourth-order valence-electron chi connectivity index (χ4n) is 4.67. The summed E-state index contributed by atoms with van der Waals surface area (Å²) in [6.07, 6.45) is 7.89. The van der Waals surface area contributed by atoms with E-state index in [9.17, 15) is 9.18 Å². The molecule has 0 unspecified atom stereocenters. The molecule has 1 aromatic heterocycles. The lowest BCUT2D eigenvalue weighted by atomic mass is 9.88. The van der Waals surface area contributed by atoms with Crippen molar-refractivity contribution in [3.63, 3.8) is 0 Å². The van der Waals surface area contributed by atoms with E-state index in [2.05, 4.69) is 15.5 Å². The number of benzene rings is 1. The van der Waals surface area contributed by atoms with Crippen molar-refractivity contribution in [3.05, 3.63) is 35.9 Å². The van der Waals surface area contributed by atoms with Crippen molar-refractivity contribution < 1.29 is 13.9 Å². The van der Waals surface area contributed by atoms with E-state index in [0.717, 1.165) is 23.0 Å². The highest BCUT2D eigenvalue weighted by Gasteiger charge is 2.33. The number of thioether (sulfide) groups is 1. The first-order valence-electron chi connectivity index (χ1n) is 11.7. The maximum Gasteiger partial charge on any atom is 0.223 e. The van der Waals surface area contributed by atoms with E-state index in [4.69, 9.17) is 4.74 Å². The highest BCUT2D eigenvalue weighted by atomic mass is 32.2. The highest BCUT2D eigenvalue weighted by molar-refractivity contribution is 7.99. The molecule has 32 heavy (non-hydrogen) atoms. The van der Waals surface area contributed by atoms with Gasteiger partial charge in [0.1, 0.15) is 5.82 Å². The summed E-state index contributed by atoms with van der Waals surface area (Å²) in [5, 5.41) is 12.6. The van der Waals surface area contributed by atoms with E-state index in [1.54, 1.807) is 23.9 Å². The molecule has 1 atom stereocenters. The van der Waals surface area contributed by atoms with E-state index in [-0.39, 0.29) is 29.8 Å². The molecule has 2 aliphatic rings. The van der Waals surface area contributed by atoms with Crippen molar-refractivity contribution >= 4 is 17.7 Å². The predicted molar refractivity (Wildman–Crippen MR) is 123 cm³/mol. The quantitative estimate of drug-likeness (QED) is 0.595. The molecule has 1 saturated heterocycles. The van der Waals surface area contributed by atoms with Crippen LogP contribution in [0, 0.1) is 17.7 Å². The maximum atomic E-state index is 13.5. The van der Waals surface area contributed by atoms with E-state index in [0.29, 0.717) is 24.8 Å². The highest BCUT2D eigenvalue weighted by Crippen LogP contribution is 2.31. The summed E-state index contributed by atoms with van der Waals surface area (Å²) in [5.74, 6) is 2.03. The molecule has 2 heterocycles. The van der Waals surface area contributed by atoms with Crippen LogP contribution in [-0.4, -0.2) is 38.6 Å². The second-order valence-corrected chi connectivity index (χ2v) is 10.5. The number of amides is 1. The molecule has 2 aromatic rings. The zero-order chi connectivity index (χ0) is 22.6. The Hall–Kier alpha value is -1.93. The molecular formula is C24H33FN4O2S. The molecule has 6 nitrogen and oxygen atoms in total. The first-order valence-corrected chi connectivity index (χ1v) is 12.6. The Morgan fingerprint density at radius 2 is 1.94 bits per heavy atom. The number of hydrogen-bond acceptors (Lipinski definition) is 5. The molecule has 1 aromatic carbocycles. The minimum absolute atomic E-state index is 0.0199. The molecule has 1 saturated carbocycles. The van der Waals surface area contributed by atoms with Gasteiger partial charge >= 0.3 is 0 Å². The molecule has 1 aliphatic heterocycles. The summed E-state index contributed by atoms with van der Waals surface area (Å²) in [6.45, 7) is 4.92. The molecule has 1 amide bonds. The fourth-order valence-corrected chi connectivity index (χ4v) is 5.83. The first kappa shape index (κ1) is 23.2. The van der Waals surface area contributed by atoms with Crippen molar-refractivity contribution in [2.75, 3.05) is 12.4 Å². The smallest absolute Gasteiger partial charge is 0.223 e. The summed E-state index contributed by atoms with van der Waals surface area (Å²) in [5.41, 5.74) is 0.524. The topological polar surface area (TPSA) is 69.0 Å². The van der Waals surface area contributed by atoms with Crippen LogP contribution in [0.5, 0.6) is 0 Å². The van der Waals surface area contributed by atoms with Crippen molar-refractivity contribution in [1.82, 2.24) is 20.1 Å². The molecule has 1 aliphatic carbocycles. The van der Waals surface area contributed by atoms with Crippen molar-refractivity contribution in [1.29, 1.82) is 0 Å². The van der Waals surface area contributed by atoms with E-state index >= 15 is 0 Å². The lowest BCUT2D eigenvalue weighted by molar-refractivity contribution is -0.135. The molecule has 2 fully saturated rings. The zero-order valence-corrected chi connectivity index (χ0v) is 19.8. The van der Waals surface area contributed by atoms with Gasteiger partial charge < -0.3 is 10.1 Å². The number of halogens is 1. The third kappa shape index (κ3) is 5.90. The minimum atomic E-state index is -0.282. The van der Waals surface area contributed by atoms with Gasteiger partial charge in [-0.1, -0.05) is 31.0 Å². The summed E-state index contributed by atoms with van der Waals surface area (Å²) >= 11 is 1.70. The third-order valence-corrected chi connectivity index (χ3v) is 7.61. The maximum absolute atomic E-state index is 13.5. The number of carbonyl (C=O) groups is 1. The number of carbonyl (C=O) groups excluding carboxylic acids is 1.